The Morgan fingerprint density at radius 3 is 2.70 bits per heavy atom. The molecule has 0 unspecified atom stereocenters. The second kappa shape index (κ2) is 8.63. The quantitative estimate of drug-likeness (QED) is 0.333. The van der Waals surface area contributed by atoms with Crippen LogP contribution in [0.5, 0.6) is 0 Å². The molecule has 0 bridgehead atoms. The number of sulfonamides is 1. The van der Waals surface area contributed by atoms with Crippen LogP contribution in [0.3, 0.4) is 0 Å². The number of aromatic nitrogens is 2. The topological polar surface area (TPSA) is 104 Å². The number of amides is 1. The first kappa shape index (κ1) is 24.1. The van der Waals surface area contributed by atoms with Crippen molar-refractivity contribution in [1.29, 1.82) is 0 Å². The van der Waals surface area contributed by atoms with Gasteiger partial charge >= 0.3 is 0 Å². The predicted molar refractivity (Wildman–Crippen MR) is 141 cm³/mol. The van der Waals surface area contributed by atoms with Crippen molar-refractivity contribution in [2.45, 2.75) is 62.1 Å². The third-order valence-electron chi connectivity index (χ3n) is 7.22. The fraction of sp³-hybridized carbons (Fsp3) is 0.357. The lowest BCUT2D eigenvalue weighted by molar-refractivity contribution is 0.0940. The van der Waals surface area contributed by atoms with Gasteiger partial charge in [0.05, 0.1) is 10.5 Å². The van der Waals surface area contributed by atoms with Crippen LogP contribution in [0, 0.1) is 0 Å². The third kappa shape index (κ3) is 4.62. The lowest BCUT2D eigenvalue weighted by Crippen LogP contribution is -2.36. The molecule has 9 heteroatoms. The van der Waals surface area contributed by atoms with Gasteiger partial charge in [-0.2, -0.15) is 0 Å². The standard InChI is InChI=1S/C28H29FN4O3S/c1-28(2,29)15-32-37(35,36)26-21-11-19(33-27(34)23-14-31-24-6-4-3-5-20(23)24)10-17(21)9-18-13-30-25(12-22(18)26)16-7-8-16/h3-6,9,12-14,16,19,31-32H,7-8,10-11,15H2,1-2H3,(H,33,34)/t19-/m1/s1. The molecule has 0 radical (unpaired) electrons. The molecule has 0 spiro atoms. The highest BCUT2D eigenvalue weighted by Gasteiger charge is 2.34. The van der Waals surface area contributed by atoms with E-state index in [0.29, 0.717) is 35.3 Å². The normalized spacial score (nSPS) is 17.9. The number of hydrogen-bond donors (Lipinski definition) is 3. The van der Waals surface area contributed by atoms with Crippen molar-refractivity contribution in [2.75, 3.05) is 6.54 Å². The van der Waals surface area contributed by atoms with Crippen molar-refractivity contribution >= 4 is 37.6 Å². The Morgan fingerprint density at radius 1 is 1.16 bits per heavy atom. The summed E-state index contributed by atoms with van der Waals surface area (Å²) < 4.78 is 44.0. The lowest BCUT2D eigenvalue weighted by Gasteiger charge is -2.18. The Balaban J connectivity index is 1.37. The summed E-state index contributed by atoms with van der Waals surface area (Å²) in [6, 6.07) is 11.2. The minimum atomic E-state index is -4.03. The van der Waals surface area contributed by atoms with Crippen molar-refractivity contribution in [1.82, 2.24) is 20.0 Å². The second-order valence-electron chi connectivity index (χ2n) is 10.8. The zero-order chi connectivity index (χ0) is 25.9. The number of halogens is 1. The van der Waals surface area contributed by atoms with Crippen LogP contribution >= 0.6 is 0 Å². The molecule has 2 aromatic carbocycles. The van der Waals surface area contributed by atoms with E-state index in [0.717, 1.165) is 40.4 Å². The molecular formula is C28H29FN4O3S. The molecule has 0 saturated heterocycles. The van der Waals surface area contributed by atoms with E-state index in [-0.39, 0.29) is 23.4 Å². The molecule has 1 atom stereocenters. The van der Waals surface area contributed by atoms with E-state index in [9.17, 15) is 17.6 Å². The summed E-state index contributed by atoms with van der Waals surface area (Å²) in [5.41, 5.74) is 2.15. The number of aromatic amines is 1. The van der Waals surface area contributed by atoms with Crippen molar-refractivity contribution in [3.63, 3.8) is 0 Å². The maximum absolute atomic E-state index is 14.3. The number of alkyl halides is 1. The monoisotopic (exact) mass is 520 g/mol. The Hall–Kier alpha value is -3.30. The number of hydrogen-bond acceptors (Lipinski definition) is 4. The number of carbonyl (C=O) groups is 1. The number of para-hydroxylation sites is 1. The molecule has 192 valence electrons. The number of nitrogens with zero attached hydrogens (tertiary/aromatic N) is 1. The molecule has 2 aromatic heterocycles. The lowest BCUT2D eigenvalue weighted by atomic mass is 10.0. The minimum Gasteiger partial charge on any atom is -0.360 e. The summed E-state index contributed by atoms with van der Waals surface area (Å²) in [5, 5.41) is 5.26. The first-order chi connectivity index (χ1) is 17.6. The number of carbonyl (C=O) groups excluding carboxylic acids is 1. The first-order valence-corrected chi connectivity index (χ1v) is 14.1. The van der Waals surface area contributed by atoms with Crippen LogP contribution in [0.15, 0.2) is 53.7 Å². The van der Waals surface area contributed by atoms with Crippen LogP contribution in [0.2, 0.25) is 0 Å². The number of rotatable bonds is 7. The van der Waals surface area contributed by atoms with Crippen LogP contribution < -0.4 is 10.0 Å². The van der Waals surface area contributed by atoms with Crippen LogP contribution in [0.25, 0.3) is 21.7 Å². The van der Waals surface area contributed by atoms with E-state index >= 15 is 0 Å². The average molecular weight is 521 g/mol. The predicted octanol–water partition coefficient (Wildman–Crippen LogP) is 4.52. The number of H-pyrrole nitrogens is 1. The third-order valence-corrected chi connectivity index (χ3v) is 8.75. The summed E-state index contributed by atoms with van der Waals surface area (Å²) in [7, 11) is -4.03. The Kier molecular flexibility index (Phi) is 5.61. The second-order valence-corrected chi connectivity index (χ2v) is 12.5. The van der Waals surface area contributed by atoms with E-state index in [4.69, 9.17) is 0 Å². The Morgan fingerprint density at radius 2 is 1.95 bits per heavy atom. The van der Waals surface area contributed by atoms with Crippen LogP contribution in [-0.4, -0.2) is 42.5 Å². The van der Waals surface area contributed by atoms with Gasteiger partial charge < -0.3 is 10.3 Å². The smallest absolute Gasteiger partial charge is 0.253 e. The average Bonchev–Trinajstić information content (AvgIpc) is 3.48. The zero-order valence-corrected chi connectivity index (χ0v) is 21.6. The molecule has 7 nitrogen and oxygen atoms in total. The Bertz CT molecular complexity index is 1650. The van der Waals surface area contributed by atoms with E-state index in [1.165, 1.54) is 13.8 Å². The summed E-state index contributed by atoms with van der Waals surface area (Å²) in [5.74, 6) is 0.147. The number of fused-ring (bicyclic) bond motifs is 3. The van der Waals surface area contributed by atoms with E-state index in [1.807, 2.05) is 36.4 Å². The molecular weight excluding hydrogens is 491 g/mol. The van der Waals surface area contributed by atoms with Gasteiger partial charge in [-0.3, -0.25) is 9.78 Å². The van der Waals surface area contributed by atoms with Gasteiger partial charge in [0, 0.05) is 58.3 Å². The van der Waals surface area contributed by atoms with Crippen LogP contribution in [-0.2, 0) is 22.9 Å². The first-order valence-electron chi connectivity index (χ1n) is 12.6. The molecule has 6 rings (SSSR count). The summed E-state index contributed by atoms with van der Waals surface area (Å²) in [6.45, 7) is 2.35. The number of benzene rings is 2. The van der Waals surface area contributed by atoms with Gasteiger partial charge in [0.2, 0.25) is 10.0 Å². The zero-order valence-electron chi connectivity index (χ0n) is 20.8. The fourth-order valence-electron chi connectivity index (χ4n) is 5.24. The molecule has 3 N–H and O–H groups in total. The van der Waals surface area contributed by atoms with Gasteiger partial charge in [0.25, 0.3) is 5.91 Å². The van der Waals surface area contributed by atoms with Crippen LogP contribution in [0.4, 0.5) is 4.39 Å². The van der Waals surface area contributed by atoms with E-state index < -0.39 is 15.7 Å². The number of nitrogens with one attached hydrogen (secondary N) is 3. The van der Waals surface area contributed by atoms with Gasteiger partial charge in [-0.05, 0) is 68.9 Å². The fourth-order valence-corrected chi connectivity index (χ4v) is 6.92. The maximum atomic E-state index is 14.3. The van der Waals surface area contributed by atoms with Gasteiger partial charge in [-0.1, -0.05) is 18.2 Å². The minimum absolute atomic E-state index is 0.178. The molecule has 2 heterocycles. The highest BCUT2D eigenvalue weighted by atomic mass is 32.2. The highest BCUT2D eigenvalue weighted by Crippen LogP contribution is 2.42. The molecule has 4 aromatic rings. The summed E-state index contributed by atoms with van der Waals surface area (Å²) in [4.78, 5) is 21.1. The molecule has 37 heavy (non-hydrogen) atoms. The summed E-state index contributed by atoms with van der Waals surface area (Å²) in [6.07, 6.45) is 6.39. The SMILES string of the molecule is CC(C)(F)CNS(=O)(=O)c1c2c(cc3cnc(C4CC4)cc13)C[C@@H](NC(=O)c1c[nH]c3ccccc13)C2. The Labute approximate surface area is 214 Å². The maximum Gasteiger partial charge on any atom is 0.253 e. The molecule has 2 aliphatic carbocycles. The van der Waals surface area contributed by atoms with Gasteiger partial charge in [-0.15, -0.1) is 0 Å². The highest BCUT2D eigenvalue weighted by molar-refractivity contribution is 7.89. The van der Waals surface area contributed by atoms with Crippen molar-refractivity contribution < 1.29 is 17.6 Å². The van der Waals surface area contributed by atoms with E-state index in [2.05, 4.69) is 20.0 Å². The molecule has 0 aliphatic heterocycles. The molecule has 1 amide bonds. The summed E-state index contributed by atoms with van der Waals surface area (Å²) >= 11 is 0. The molecule has 2 aliphatic rings. The molecule has 1 fully saturated rings. The molecule has 1 saturated carbocycles. The van der Waals surface area contributed by atoms with E-state index in [1.54, 1.807) is 12.4 Å². The number of pyridine rings is 1. The van der Waals surface area contributed by atoms with Crippen molar-refractivity contribution in [2.24, 2.45) is 0 Å². The largest absolute Gasteiger partial charge is 0.360 e. The van der Waals surface area contributed by atoms with Crippen molar-refractivity contribution in [3.05, 3.63) is 71.2 Å². The van der Waals surface area contributed by atoms with Gasteiger partial charge in [0.15, 0.2) is 0 Å². The van der Waals surface area contributed by atoms with Gasteiger partial charge in [-0.25, -0.2) is 17.5 Å². The van der Waals surface area contributed by atoms with Crippen LogP contribution in [0.1, 0.15) is 59.8 Å². The van der Waals surface area contributed by atoms with Gasteiger partial charge in [0.1, 0.15) is 5.67 Å². The van der Waals surface area contributed by atoms with Crippen molar-refractivity contribution in [3.8, 4) is 0 Å².